The number of unbranched alkanes of at least 4 members (excludes halogenated alkanes) is 3. The second-order valence-corrected chi connectivity index (χ2v) is 8.84. The molecule has 0 spiro atoms. The summed E-state index contributed by atoms with van der Waals surface area (Å²) in [5.41, 5.74) is -2.64. The van der Waals surface area contributed by atoms with Crippen LogP contribution in [0.2, 0.25) is 0 Å². The molecule has 2 atom stereocenters. The molecule has 2 rings (SSSR count). The Kier molecular flexibility index (Phi) is 9.37. The average Bonchev–Trinajstić information content (AvgIpc) is 3.08. The van der Waals surface area contributed by atoms with Crippen molar-refractivity contribution in [3.63, 3.8) is 0 Å². The molecule has 0 aromatic heterocycles. The zero-order valence-electron chi connectivity index (χ0n) is 19.2. The normalized spacial score (nSPS) is 19.0. The first-order valence-corrected chi connectivity index (χ1v) is 11.4. The van der Waals surface area contributed by atoms with E-state index < -0.39 is 11.5 Å². The molecule has 5 nitrogen and oxygen atoms in total. The van der Waals surface area contributed by atoms with Crippen LogP contribution in [0.5, 0.6) is 0 Å². The van der Waals surface area contributed by atoms with E-state index in [0.29, 0.717) is 25.8 Å². The van der Waals surface area contributed by atoms with Gasteiger partial charge in [0.05, 0.1) is 12.1 Å². The summed E-state index contributed by atoms with van der Waals surface area (Å²) < 4.78 is 34.7. The first-order valence-electron chi connectivity index (χ1n) is 11.4. The maximum Gasteiger partial charge on any atom is 0.306 e. The Balaban J connectivity index is 1.85. The van der Waals surface area contributed by atoms with Crippen molar-refractivity contribution in [1.82, 2.24) is 4.90 Å². The molecule has 1 aliphatic rings. The van der Waals surface area contributed by atoms with E-state index in [0.717, 1.165) is 38.7 Å². The van der Waals surface area contributed by atoms with Crippen LogP contribution in [0, 0.1) is 0 Å². The topological polar surface area (TPSA) is 66.8 Å². The zero-order valence-corrected chi connectivity index (χ0v) is 19.2. The first kappa shape index (κ1) is 26.0. The number of hydrogen-bond acceptors (Lipinski definition) is 4. The highest BCUT2D eigenvalue weighted by Crippen LogP contribution is 2.40. The summed E-state index contributed by atoms with van der Waals surface area (Å²) in [6, 6.07) is 6.93. The number of amides is 1. The minimum atomic E-state index is -3.46. The summed E-state index contributed by atoms with van der Waals surface area (Å²) in [4.78, 5) is 25.5. The van der Waals surface area contributed by atoms with Crippen molar-refractivity contribution in [2.75, 3.05) is 6.54 Å². The van der Waals surface area contributed by atoms with Gasteiger partial charge in [-0.05, 0) is 46.1 Å². The molecule has 0 radical (unpaired) electrons. The second-order valence-electron chi connectivity index (χ2n) is 8.84. The molecule has 7 heteroatoms. The van der Waals surface area contributed by atoms with Crippen molar-refractivity contribution in [2.24, 2.45) is 0 Å². The van der Waals surface area contributed by atoms with Crippen molar-refractivity contribution < 1.29 is 28.2 Å². The fourth-order valence-electron chi connectivity index (χ4n) is 3.82. The largest absolute Gasteiger partial charge is 0.463 e. The fourth-order valence-corrected chi connectivity index (χ4v) is 3.82. The number of esters is 1. The van der Waals surface area contributed by atoms with Crippen molar-refractivity contribution >= 4 is 11.9 Å². The fraction of sp³-hybridized carbons (Fsp3) is 0.600. The van der Waals surface area contributed by atoms with Gasteiger partial charge < -0.3 is 14.7 Å². The Bertz CT molecular complexity index is 777. The lowest BCUT2D eigenvalue weighted by molar-refractivity contribution is -0.152. The van der Waals surface area contributed by atoms with E-state index in [2.05, 4.69) is 0 Å². The summed E-state index contributed by atoms with van der Waals surface area (Å²) in [7, 11) is 0. The molecule has 1 amide bonds. The number of carbonyl (C=O) groups excluding carboxylic acids is 2. The molecule has 178 valence electrons. The van der Waals surface area contributed by atoms with E-state index in [1.54, 1.807) is 11.0 Å². The number of ether oxygens (including phenoxy) is 1. The number of aliphatic hydroxyl groups is 1. The highest BCUT2D eigenvalue weighted by Gasteiger charge is 2.49. The van der Waals surface area contributed by atoms with E-state index in [9.17, 15) is 23.5 Å². The maximum absolute atomic E-state index is 14.8. The average molecular weight is 452 g/mol. The van der Waals surface area contributed by atoms with Crippen molar-refractivity contribution in [1.29, 1.82) is 0 Å². The summed E-state index contributed by atoms with van der Waals surface area (Å²) in [6.07, 6.45) is 7.06. The quantitative estimate of drug-likeness (QED) is 0.277. The third-order valence-corrected chi connectivity index (χ3v) is 5.69. The van der Waals surface area contributed by atoms with Gasteiger partial charge >= 0.3 is 11.9 Å². The molecular formula is C25H35F2NO4. The van der Waals surface area contributed by atoms with Gasteiger partial charge in [-0.3, -0.25) is 9.59 Å². The Hall–Kier alpha value is -2.28. The van der Waals surface area contributed by atoms with Crippen LogP contribution in [-0.2, 0) is 20.2 Å². The predicted octanol–water partition coefficient (Wildman–Crippen LogP) is 4.98. The Morgan fingerprint density at radius 3 is 2.53 bits per heavy atom. The highest BCUT2D eigenvalue weighted by atomic mass is 19.3. The lowest BCUT2D eigenvalue weighted by Crippen LogP contribution is -2.42. The van der Waals surface area contributed by atoms with Gasteiger partial charge in [0.1, 0.15) is 5.60 Å². The lowest BCUT2D eigenvalue weighted by Gasteiger charge is -2.31. The number of carbonyl (C=O) groups is 2. The van der Waals surface area contributed by atoms with Crippen LogP contribution in [0.15, 0.2) is 42.5 Å². The summed E-state index contributed by atoms with van der Waals surface area (Å²) in [5.74, 6) is -3.66. The Morgan fingerprint density at radius 2 is 1.88 bits per heavy atom. The van der Waals surface area contributed by atoms with Crippen LogP contribution in [0.1, 0.15) is 71.3 Å². The number of hydrogen-bond donors (Lipinski definition) is 1. The number of alkyl halides is 2. The van der Waals surface area contributed by atoms with E-state index in [1.165, 1.54) is 30.3 Å². The molecule has 1 unspecified atom stereocenters. The van der Waals surface area contributed by atoms with Gasteiger partial charge in [0, 0.05) is 24.9 Å². The van der Waals surface area contributed by atoms with Crippen LogP contribution < -0.4 is 0 Å². The van der Waals surface area contributed by atoms with Crippen molar-refractivity contribution in [2.45, 2.75) is 89.4 Å². The van der Waals surface area contributed by atoms with E-state index in [1.807, 2.05) is 13.8 Å². The minimum Gasteiger partial charge on any atom is -0.463 e. The van der Waals surface area contributed by atoms with Gasteiger partial charge in [-0.15, -0.1) is 0 Å². The van der Waals surface area contributed by atoms with Crippen molar-refractivity contribution in [3.8, 4) is 0 Å². The number of benzene rings is 1. The molecule has 0 saturated carbocycles. The molecular weight excluding hydrogens is 416 g/mol. The summed E-state index contributed by atoms with van der Waals surface area (Å²) in [5, 5.41) is 10.5. The summed E-state index contributed by atoms with van der Waals surface area (Å²) >= 11 is 0. The molecule has 1 saturated heterocycles. The van der Waals surface area contributed by atoms with Gasteiger partial charge in [0.2, 0.25) is 5.91 Å². The third-order valence-electron chi connectivity index (χ3n) is 5.69. The third kappa shape index (κ3) is 7.12. The molecule has 1 N–H and O–H groups in total. The number of likely N-dealkylation sites (tertiary alicyclic amines) is 1. The van der Waals surface area contributed by atoms with Crippen LogP contribution in [0.4, 0.5) is 8.78 Å². The Labute approximate surface area is 189 Å². The van der Waals surface area contributed by atoms with E-state index >= 15 is 0 Å². The molecule has 1 aliphatic heterocycles. The standard InChI is InChI=1S/C25H35F2NO4/c1-19(2)32-23(30)13-9-4-5-10-18-28-21(14-15-22(28)29)16-17-24(3,31)25(26,27)20-11-7-6-8-12-20/h6-8,11-12,16-17,19,21,31H,4-5,9-10,13-15,18H2,1-3H3/b17-16+/t21-,24?/m1/s1. The van der Waals surface area contributed by atoms with Crippen LogP contribution in [0.3, 0.4) is 0 Å². The Morgan fingerprint density at radius 1 is 1.22 bits per heavy atom. The highest BCUT2D eigenvalue weighted by molar-refractivity contribution is 5.79. The smallest absolute Gasteiger partial charge is 0.306 e. The maximum atomic E-state index is 14.8. The van der Waals surface area contributed by atoms with Gasteiger partial charge in [-0.1, -0.05) is 49.2 Å². The minimum absolute atomic E-state index is 0.00498. The van der Waals surface area contributed by atoms with E-state index in [-0.39, 0.29) is 29.6 Å². The molecule has 1 heterocycles. The van der Waals surface area contributed by atoms with Gasteiger partial charge in [0.25, 0.3) is 0 Å². The van der Waals surface area contributed by atoms with Crippen LogP contribution >= 0.6 is 0 Å². The zero-order chi connectivity index (χ0) is 23.8. The SMILES string of the molecule is CC(C)OC(=O)CCCCCCN1C(=O)CC[C@@H]1/C=C/C(C)(O)C(F)(F)c1ccccc1. The molecule has 0 bridgehead atoms. The van der Waals surface area contributed by atoms with Gasteiger partial charge in [0.15, 0.2) is 0 Å². The molecule has 32 heavy (non-hydrogen) atoms. The number of nitrogens with zero attached hydrogens (tertiary/aromatic N) is 1. The summed E-state index contributed by atoms with van der Waals surface area (Å²) in [6.45, 7) is 5.25. The number of halogens is 2. The van der Waals surface area contributed by atoms with Gasteiger partial charge in [-0.25, -0.2) is 0 Å². The lowest BCUT2D eigenvalue weighted by atomic mass is 9.90. The van der Waals surface area contributed by atoms with Gasteiger partial charge in [-0.2, -0.15) is 8.78 Å². The van der Waals surface area contributed by atoms with Crippen LogP contribution in [-0.4, -0.2) is 46.2 Å². The predicted molar refractivity (Wildman–Crippen MR) is 119 cm³/mol. The van der Waals surface area contributed by atoms with Crippen molar-refractivity contribution in [3.05, 3.63) is 48.0 Å². The first-order chi connectivity index (χ1) is 15.0. The second kappa shape index (κ2) is 11.5. The van der Waals surface area contributed by atoms with Crippen LogP contribution in [0.25, 0.3) is 0 Å². The molecule has 0 aliphatic carbocycles. The molecule has 1 fully saturated rings. The monoisotopic (exact) mass is 451 g/mol. The number of rotatable bonds is 12. The molecule has 1 aromatic rings. The van der Waals surface area contributed by atoms with E-state index in [4.69, 9.17) is 4.74 Å². The molecule has 1 aromatic carbocycles.